The maximum absolute atomic E-state index is 13.6. The van der Waals surface area contributed by atoms with Crippen LogP contribution in [0.5, 0.6) is 5.75 Å². The van der Waals surface area contributed by atoms with Crippen LogP contribution in [0.4, 0.5) is 0 Å². The van der Waals surface area contributed by atoms with Crippen molar-refractivity contribution in [2.45, 2.75) is 28.5 Å². The van der Waals surface area contributed by atoms with Gasteiger partial charge >= 0.3 is 0 Å². The maximum Gasteiger partial charge on any atom is 0.219 e. The molecule has 3 aromatic rings. The number of ether oxygens (including phenoxy) is 1. The molecule has 2 N–H and O–H groups in total. The van der Waals surface area contributed by atoms with E-state index < -0.39 is 38.5 Å². The molecular weight excluding hydrogens is 544 g/mol. The van der Waals surface area contributed by atoms with Gasteiger partial charge in [0.25, 0.3) is 0 Å². The number of aliphatic hydroxyl groups is 2. The van der Waals surface area contributed by atoms with E-state index in [1.165, 1.54) is 26.4 Å². The van der Waals surface area contributed by atoms with E-state index in [1.54, 1.807) is 48.5 Å². The fourth-order valence-electron chi connectivity index (χ4n) is 5.34. The summed E-state index contributed by atoms with van der Waals surface area (Å²) in [5.41, 5.74) is -2.76. The van der Waals surface area contributed by atoms with Crippen molar-refractivity contribution in [2.24, 2.45) is 0 Å². The van der Waals surface area contributed by atoms with E-state index in [-0.39, 0.29) is 16.5 Å². The number of aromatic nitrogens is 1. The fraction of sp³-hybridized carbons (Fsp3) is 0.292. The SMILES string of the molecule is CN(C)S(=O)(=O)[C@@H]1C(c2ccccc2)[C@]2(c3ccc(Br)cc3)Oc3cc(Cl)cnc3[C@]2(O)[C@@H]1O. The zero-order valence-corrected chi connectivity index (χ0v) is 21.4. The van der Waals surface area contributed by atoms with Crippen LogP contribution in [0.1, 0.15) is 22.7 Å². The van der Waals surface area contributed by atoms with E-state index >= 15 is 0 Å². The Balaban J connectivity index is 1.90. The van der Waals surface area contributed by atoms with Crippen molar-refractivity contribution < 1.29 is 23.4 Å². The molecule has 2 aromatic carbocycles. The Labute approximate surface area is 211 Å². The minimum Gasteiger partial charge on any atom is -0.476 e. The van der Waals surface area contributed by atoms with Crippen molar-refractivity contribution in [2.75, 3.05) is 14.1 Å². The Morgan fingerprint density at radius 3 is 2.38 bits per heavy atom. The minimum atomic E-state index is -4.09. The van der Waals surface area contributed by atoms with Gasteiger partial charge < -0.3 is 14.9 Å². The van der Waals surface area contributed by atoms with Crippen molar-refractivity contribution in [3.63, 3.8) is 0 Å². The second-order valence-electron chi connectivity index (χ2n) is 8.74. The van der Waals surface area contributed by atoms with Crippen LogP contribution >= 0.6 is 27.5 Å². The Bertz CT molecular complexity index is 1360. The molecule has 7 nitrogen and oxygen atoms in total. The van der Waals surface area contributed by atoms with Gasteiger partial charge in [-0.15, -0.1) is 0 Å². The third kappa shape index (κ3) is 3.04. The van der Waals surface area contributed by atoms with Gasteiger partial charge in [0.2, 0.25) is 10.0 Å². The largest absolute Gasteiger partial charge is 0.476 e. The number of halogens is 2. The molecule has 2 aliphatic rings. The van der Waals surface area contributed by atoms with Crippen molar-refractivity contribution in [1.29, 1.82) is 0 Å². The van der Waals surface area contributed by atoms with Gasteiger partial charge in [0.1, 0.15) is 22.8 Å². The van der Waals surface area contributed by atoms with E-state index in [0.29, 0.717) is 11.1 Å². The fourth-order valence-corrected chi connectivity index (χ4v) is 7.46. The highest BCUT2D eigenvalue weighted by molar-refractivity contribution is 9.10. The number of fused-ring (bicyclic) bond motifs is 3. The summed E-state index contributed by atoms with van der Waals surface area (Å²) in [6, 6.07) is 17.5. The van der Waals surface area contributed by atoms with Gasteiger partial charge in [0.05, 0.1) is 10.9 Å². The average Bonchev–Trinajstić information content (AvgIpc) is 3.17. The van der Waals surface area contributed by atoms with E-state index in [4.69, 9.17) is 16.3 Å². The molecule has 1 saturated carbocycles. The van der Waals surface area contributed by atoms with Crippen LogP contribution in [-0.2, 0) is 21.2 Å². The third-order valence-corrected chi connectivity index (χ3v) is 9.78. The van der Waals surface area contributed by atoms with Gasteiger partial charge in [-0.3, -0.25) is 4.98 Å². The number of rotatable bonds is 4. The van der Waals surface area contributed by atoms with Gasteiger partial charge in [-0.05, 0) is 23.3 Å². The van der Waals surface area contributed by atoms with Gasteiger partial charge in [0.15, 0.2) is 11.2 Å². The molecule has 0 amide bonds. The number of benzene rings is 2. The van der Waals surface area contributed by atoms with Gasteiger partial charge in [0, 0.05) is 30.8 Å². The summed E-state index contributed by atoms with van der Waals surface area (Å²) >= 11 is 9.60. The number of aliphatic hydroxyl groups excluding tert-OH is 1. The molecule has 1 fully saturated rings. The summed E-state index contributed by atoms with van der Waals surface area (Å²) in [6.07, 6.45) is -0.416. The van der Waals surface area contributed by atoms with Crippen molar-refractivity contribution in [1.82, 2.24) is 9.29 Å². The molecule has 5 atom stereocenters. The van der Waals surface area contributed by atoms with Gasteiger partial charge in [-0.1, -0.05) is 70.0 Å². The van der Waals surface area contributed by atoms with Crippen LogP contribution in [-0.4, -0.2) is 53.4 Å². The highest BCUT2D eigenvalue weighted by atomic mass is 79.9. The first-order valence-corrected chi connectivity index (χ1v) is 13.2. The van der Waals surface area contributed by atoms with Gasteiger partial charge in [-0.25, -0.2) is 12.7 Å². The molecule has 178 valence electrons. The first-order valence-electron chi connectivity index (χ1n) is 10.5. The zero-order chi connectivity index (χ0) is 24.5. The summed E-state index contributed by atoms with van der Waals surface area (Å²) in [4.78, 5) is 4.32. The average molecular weight is 566 g/mol. The second kappa shape index (κ2) is 8.01. The predicted molar refractivity (Wildman–Crippen MR) is 131 cm³/mol. The molecular formula is C24H22BrClN2O5S. The number of hydrogen-bond acceptors (Lipinski definition) is 6. The molecule has 0 radical (unpaired) electrons. The quantitative estimate of drug-likeness (QED) is 0.503. The third-order valence-electron chi connectivity index (χ3n) is 6.81. The van der Waals surface area contributed by atoms with Crippen LogP contribution < -0.4 is 4.74 Å². The van der Waals surface area contributed by atoms with Crippen LogP contribution in [0.25, 0.3) is 0 Å². The smallest absolute Gasteiger partial charge is 0.219 e. The first kappa shape index (κ1) is 23.7. The van der Waals surface area contributed by atoms with Crippen molar-refractivity contribution >= 4 is 37.6 Å². The highest BCUT2D eigenvalue weighted by Gasteiger charge is 2.79. The minimum absolute atomic E-state index is 0.0460. The molecule has 1 aliphatic heterocycles. The monoisotopic (exact) mass is 564 g/mol. The molecule has 0 spiro atoms. The molecule has 34 heavy (non-hydrogen) atoms. The molecule has 1 aromatic heterocycles. The Hall–Kier alpha value is -2.01. The summed E-state index contributed by atoms with van der Waals surface area (Å²) in [6.45, 7) is 0. The van der Waals surface area contributed by atoms with Crippen LogP contribution in [0.2, 0.25) is 5.02 Å². The molecule has 1 unspecified atom stereocenters. The second-order valence-corrected chi connectivity index (χ2v) is 12.4. The maximum atomic E-state index is 13.6. The molecule has 2 heterocycles. The van der Waals surface area contributed by atoms with Crippen LogP contribution in [0, 0.1) is 0 Å². The van der Waals surface area contributed by atoms with E-state index in [9.17, 15) is 18.6 Å². The summed E-state index contributed by atoms with van der Waals surface area (Å²) in [7, 11) is -1.28. The lowest BCUT2D eigenvalue weighted by Crippen LogP contribution is -2.52. The number of nitrogens with zero attached hydrogens (tertiary/aromatic N) is 2. The lowest BCUT2D eigenvalue weighted by molar-refractivity contribution is -0.150. The summed E-state index contributed by atoms with van der Waals surface area (Å²) in [5.74, 6) is -0.797. The van der Waals surface area contributed by atoms with Gasteiger partial charge in [-0.2, -0.15) is 0 Å². The Morgan fingerprint density at radius 1 is 1.12 bits per heavy atom. The van der Waals surface area contributed by atoms with Crippen LogP contribution in [0.3, 0.4) is 0 Å². The standard InChI is InChI=1S/C24H22BrClN2O5S/c1-28(2)34(31,32)20-19(14-6-4-3-5-7-14)24(15-8-10-16(25)11-9-15)23(30,22(20)29)21-18(33-24)12-17(26)13-27-21/h3-13,19-20,22,29-30H,1-2H3/t19?,20-,22-,23+,24+/m1/s1. The Morgan fingerprint density at radius 2 is 1.76 bits per heavy atom. The highest BCUT2D eigenvalue weighted by Crippen LogP contribution is 2.67. The Kier molecular flexibility index (Phi) is 5.59. The van der Waals surface area contributed by atoms with E-state index in [0.717, 1.165) is 8.78 Å². The number of pyridine rings is 1. The molecule has 5 rings (SSSR count). The lowest BCUT2D eigenvalue weighted by atomic mass is 9.72. The first-order chi connectivity index (χ1) is 16.0. The van der Waals surface area contributed by atoms with Crippen LogP contribution in [0.15, 0.2) is 71.3 Å². The van der Waals surface area contributed by atoms with E-state index in [2.05, 4.69) is 20.9 Å². The summed E-state index contributed by atoms with van der Waals surface area (Å²) < 4.78 is 35.7. The topological polar surface area (TPSA) is 100.0 Å². The molecule has 0 saturated heterocycles. The van der Waals surface area contributed by atoms with Crippen molar-refractivity contribution in [3.8, 4) is 5.75 Å². The normalized spacial score (nSPS) is 30.1. The number of hydrogen-bond donors (Lipinski definition) is 2. The number of sulfonamides is 1. The van der Waals surface area contributed by atoms with Crippen molar-refractivity contribution in [3.05, 3.63) is 93.2 Å². The summed E-state index contributed by atoms with van der Waals surface area (Å²) in [5, 5.41) is 23.0. The zero-order valence-electron chi connectivity index (χ0n) is 18.3. The lowest BCUT2D eigenvalue weighted by Gasteiger charge is -2.40. The van der Waals surface area contributed by atoms with E-state index in [1.807, 2.05) is 6.07 Å². The molecule has 0 bridgehead atoms. The molecule has 10 heteroatoms. The predicted octanol–water partition coefficient (Wildman–Crippen LogP) is 3.39. The molecule has 1 aliphatic carbocycles.